The van der Waals surface area contributed by atoms with Gasteiger partial charge in [-0.2, -0.15) is 0 Å². The lowest BCUT2D eigenvalue weighted by atomic mass is 10.3. The molecule has 1 rings (SSSR count). The van der Waals surface area contributed by atoms with Crippen LogP contribution in [0.25, 0.3) is 0 Å². The van der Waals surface area contributed by atoms with Gasteiger partial charge in [0, 0.05) is 22.6 Å². The van der Waals surface area contributed by atoms with E-state index in [1.54, 1.807) is 24.3 Å². The molecule has 0 spiro atoms. The maximum atomic E-state index is 8.50. The number of hydrogen-bond acceptors (Lipinski definition) is 3. The zero-order valence-electron chi connectivity index (χ0n) is 4.74. The molecular formula is C6H7NOS. The molecule has 0 amide bonds. The van der Waals surface area contributed by atoms with Crippen LogP contribution >= 0.6 is 12.0 Å². The third-order valence-corrected chi connectivity index (χ3v) is 1.47. The molecule has 0 saturated carbocycles. The molecule has 3 N–H and O–H groups in total. The maximum Gasteiger partial charge on any atom is 0.0352 e. The summed E-state index contributed by atoms with van der Waals surface area (Å²) in [5.41, 5.74) is 6.11. The second-order valence-electron chi connectivity index (χ2n) is 1.66. The smallest absolute Gasteiger partial charge is 0.0352 e. The van der Waals surface area contributed by atoms with E-state index in [0.717, 1.165) is 16.9 Å². The van der Waals surface area contributed by atoms with Crippen LogP contribution in [0, 0.1) is 0 Å². The molecule has 9 heavy (non-hydrogen) atoms. The van der Waals surface area contributed by atoms with Crippen molar-refractivity contribution in [2.75, 3.05) is 5.73 Å². The van der Waals surface area contributed by atoms with Gasteiger partial charge in [0.05, 0.1) is 0 Å². The van der Waals surface area contributed by atoms with Crippen LogP contribution in [0.2, 0.25) is 0 Å². The average Bonchev–Trinajstić information content (AvgIpc) is 1.90. The Hall–Kier alpha value is -0.670. The highest BCUT2D eigenvalue weighted by molar-refractivity contribution is 7.93. The minimum atomic E-state index is 0.716. The van der Waals surface area contributed by atoms with Gasteiger partial charge in [-0.1, -0.05) is 0 Å². The van der Waals surface area contributed by atoms with E-state index in [4.69, 9.17) is 10.3 Å². The second-order valence-corrected chi connectivity index (χ2v) is 2.31. The first-order valence-electron chi connectivity index (χ1n) is 2.50. The predicted molar refractivity (Wildman–Crippen MR) is 39.3 cm³/mol. The molecule has 0 aromatic heterocycles. The van der Waals surface area contributed by atoms with Gasteiger partial charge < -0.3 is 10.3 Å². The number of nitrogens with two attached hydrogens (primary N) is 1. The Morgan fingerprint density at radius 1 is 1.22 bits per heavy atom. The van der Waals surface area contributed by atoms with Crippen LogP contribution in [0.3, 0.4) is 0 Å². The second kappa shape index (κ2) is 2.75. The summed E-state index contributed by atoms with van der Waals surface area (Å²) in [6, 6.07) is 7.02. The molecule has 0 unspecified atom stereocenters. The average molecular weight is 141 g/mol. The molecule has 2 nitrogen and oxygen atoms in total. The third-order valence-electron chi connectivity index (χ3n) is 0.986. The molecule has 0 atom stereocenters. The van der Waals surface area contributed by atoms with Gasteiger partial charge in [-0.3, -0.25) is 0 Å². The minimum absolute atomic E-state index is 0.716. The molecule has 0 aliphatic heterocycles. The summed E-state index contributed by atoms with van der Waals surface area (Å²) in [4.78, 5) is 0.809. The predicted octanol–water partition coefficient (Wildman–Crippen LogP) is 1.83. The SMILES string of the molecule is Nc1ccc(SO)cc1. The normalized spacial score (nSPS) is 9.44. The van der Waals surface area contributed by atoms with Crippen LogP contribution in [0.4, 0.5) is 5.69 Å². The van der Waals surface area contributed by atoms with Crippen molar-refractivity contribution in [2.45, 2.75) is 4.90 Å². The zero-order valence-corrected chi connectivity index (χ0v) is 5.56. The van der Waals surface area contributed by atoms with Crippen LogP contribution in [-0.2, 0) is 0 Å². The fourth-order valence-electron chi connectivity index (χ4n) is 0.529. The molecule has 1 aromatic carbocycles. The summed E-state index contributed by atoms with van der Waals surface area (Å²) in [7, 11) is 0. The molecule has 0 heterocycles. The molecule has 0 saturated heterocycles. The highest BCUT2D eigenvalue weighted by Crippen LogP contribution is 2.14. The molecule has 0 fully saturated rings. The van der Waals surface area contributed by atoms with Gasteiger partial charge >= 0.3 is 0 Å². The Morgan fingerprint density at radius 3 is 2.22 bits per heavy atom. The van der Waals surface area contributed by atoms with Crippen LogP contribution in [0.15, 0.2) is 29.2 Å². The van der Waals surface area contributed by atoms with E-state index in [9.17, 15) is 0 Å². The highest BCUT2D eigenvalue weighted by Gasteiger charge is 1.87. The van der Waals surface area contributed by atoms with Gasteiger partial charge in [-0.25, -0.2) is 0 Å². The first-order chi connectivity index (χ1) is 4.33. The third kappa shape index (κ3) is 1.62. The number of anilines is 1. The monoisotopic (exact) mass is 141 g/mol. The summed E-state index contributed by atoms with van der Waals surface area (Å²) in [5, 5.41) is 0. The van der Waals surface area contributed by atoms with Gasteiger partial charge in [0.25, 0.3) is 0 Å². The summed E-state index contributed by atoms with van der Waals surface area (Å²) < 4.78 is 8.50. The lowest BCUT2D eigenvalue weighted by molar-refractivity contribution is 0.664. The standard InChI is InChI=1S/C6H7NOS/c7-5-1-3-6(9-8)4-2-5/h1-4,8H,7H2. The van der Waals surface area contributed by atoms with Gasteiger partial charge in [-0.15, -0.1) is 0 Å². The Morgan fingerprint density at radius 2 is 1.78 bits per heavy atom. The lowest BCUT2D eigenvalue weighted by Gasteiger charge is -1.92. The molecule has 1 aromatic rings. The molecule has 3 heteroatoms. The summed E-state index contributed by atoms with van der Waals surface area (Å²) in [6.07, 6.45) is 0. The first-order valence-corrected chi connectivity index (χ1v) is 3.27. The first kappa shape index (κ1) is 6.45. The van der Waals surface area contributed by atoms with Crippen molar-refractivity contribution in [3.05, 3.63) is 24.3 Å². The molecule has 48 valence electrons. The molecular weight excluding hydrogens is 134 g/mol. The largest absolute Gasteiger partial charge is 0.399 e. The quantitative estimate of drug-likeness (QED) is 0.463. The Balaban J connectivity index is 2.88. The van der Waals surface area contributed by atoms with E-state index >= 15 is 0 Å². The van der Waals surface area contributed by atoms with Crippen molar-refractivity contribution in [3.8, 4) is 0 Å². The van der Waals surface area contributed by atoms with Crippen LogP contribution in [0.1, 0.15) is 0 Å². The van der Waals surface area contributed by atoms with Crippen molar-refractivity contribution in [2.24, 2.45) is 0 Å². The topological polar surface area (TPSA) is 46.2 Å². The number of hydrogen-bond donors (Lipinski definition) is 2. The van der Waals surface area contributed by atoms with Gasteiger partial charge in [0.1, 0.15) is 0 Å². The van der Waals surface area contributed by atoms with Gasteiger partial charge in [0.2, 0.25) is 0 Å². The summed E-state index contributed by atoms with van der Waals surface area (Å²) in [5.74, 6) is 0. The number of rotatable bonds is 1. The van der Waals surface area contributed by atoms with E-state index in [-0.39, 0.29) is 0 Å². The van der Waals surface area contributed by atoms with Crippen molar-refractivity contribution in [1.82, 2.24) is 0 Å². The van der Waals surface area contributed by atoms with Crippen molar-refractivity contribution < 1.29 is 4.55 Å². The fraction of sp³-hybridized carbons (Fsp3) is 0. The van der Waals surface area contributed by atoms with E-state index in [1.807, 2.05) is 0 Å². The van der Waals surface area contributed by atoms with Crippen molar-refractivity contribution in [3.63, 3.8) is 0 Å². The highest BCUT2D eigenvalue weighted by atomic mass is 32.2. The van der Waals surface area contributed by atoms with Gasteiger partial charge in [-0.05, 0) is 24.3 Å². The van der Waals surface area contributed by atoms with Crippen LogP contribution in [-0.4, -0.2) is 4.55 Å². The number of nitrogen functional groups attached to an aromatic ring is 1. The van der Waals surface area contributed by atoms with E-state index < -0.39 is 0 Å². The van der Waals surface area contributed by atoms with E-state index in [0.29, 0.717) is 5.69 Å². The van der Waals surface area contributed by atoms with Crippen molar-refractivity contribution in [1.29, 1.82) is 0 Å². The van der Waals surface area contributed by atoms with Crippen LogP contribution in [0.5, 0.6) is 0 Å². The van der Waals surface area contributed by atoms with Crippen LogP contribution < -0.4 is 5.73 Å². The maximum absolute atomic E-state index is 8.50. The Bertz CT molecular complexity index is 185. The van der Waals surface area contributed by atoms with E-state index in [1.165, 1.54) is 0 Å². The zero-order chi connectivity index (χ0) is 6.69. The molecule has 0 aliphatic rings. The summed E-state index contributed by atoms with van der Waals surface area (Å²) in [6.45, 7) is 0. The molecule has 0 aliphatic carbocycles. The Labute approximate surface area is 57.9 Å². The van der Waals surface area contributed by atoms with Crippen molar-refractivity contribution >= 4 is 17.7 Å². The lowest BCUT2D eigenvalue weighted by Crippen LogP contribution is -1.81. The molecule has 0 radical (unpaired) electrons. The van der Waals surface area contributed by atoms with E-state index in [2.05, 4.69) is 0 Å². The van der Waals surface area contributed by atoms with Gasteiger partial charge in [0.15, 0.2) is 0 Å². The Kier molecular flexibility index (Phi) is 1.97. The number of benzene rings is 1. The summed E-state index contributed by atoms with van der Waals surface area (Å²) >= 11 is 0.722. The fourth-order valence-corrected chi connectivity index (χ4v) is 0.786. The molecule has 0 bridgehead atoms. The minimum Gasteiger partial charge on any atom is -0.399 e.